The van der Waals surface area contributed by atoms with Crippen molar-refractivity contribution in [2.24, 2.45) is 23.1 Å². The SMILES string of the molecule is CSCC[C@H](NC(=O)[C@@H](Cc1ccccc1)NC(=O)[C@@H](Cc1cnc[nH]1)NC(=O)CNC(=O)[C@@H](NC(=O)[C@H](C)NC(=O)[C@@H](Cc1c[nH]c2ccccc12)NC(=O)[C@@H](CC(C)C)NC(=O)[C@@H](CC(N)=O)NC(=O)CN)[C@@H](C)O)C(N)=O. The molecule has 0 bridgehead atoms. The van der Waals surface area contributed by atoms with Crippen LogP contribution in [0.5, 0.6) is 0 Å². The normalized spacial score (nSPS) is 14.5. The molecule has 0 radical (unpaired) electrons. The summed E-state index contributed by atoms with van der Waals surface area (Å²) >= 11 is 1.44. The molecule has 0 saturated heterocycles. The van der Waals surface area contributed by atoms with Gasteiger partial charge in [-0.25, -0.2) is 4.98 Å². The Morgan fingerprint density at radius 1 is 0.625 bits per heavy atom. The van der Waals surface area contributed by atoms with Crippen molar-refractivity contribution in [1.29, 1.82) is 0 Å². The van der Waals surface area contributed by atoms with Crippen molar-refractivity contribution in [2.45, 2.75) is 121 Å². The van der Waals surface area contributed by atoms with E-state index in [2.05, 4.69) is 62.8 Å². The first kappa shape index (κ1) is 64.2. The highest BCUT2D eigenvalue weighted by Gasteiger charge is 2.35. The van der Waals surface area contributed by atoms with Gasteiger partial charge in [-0.3, -0.25) is 52.7 Å². The number of hydrogen-bond acceptors (Lipinski definition) is 15. The van der Waals surface area contributed by atoms with E-state index in [9.17, 15) is 57.8 Å². The number of imidazole rings is 1. The fraction of sp³-hybridized carbons (Fsp3) is 0.462. The minimum absolute atomic E-state index is 0.00764. The molecule has 11 amide bonds. The van der Waals surface area contributed by atoms with Gasteiger partial charge in [0.15, 0.2) is 0 Å². The number of amides is 11. The molecule has 80 heavy (non-hydrogen) atoms. The fourth-order valence-corrected chi connectivity index (χ4v) is 8.65. The molecule has 18 N–H and O–H groups in total. The lowest BCUT2D eigenvalue weighted by Gasteiger charge is -2.27. The molecule has 434 valence electrons. The minimum atomic E-state index is -1.70. The monoisotopic (exact) mass is 1130 g/mol. The minimum Gasteiger partial charge on any atom is -0.391 e. The van der Waals surface area contributed by atoms with E-state index in [0.717, 1.165) is 0 Å². The number of carbonyl (C=O) groups excluding carboxylic acids is 11. The molecule has 0 aliphatic rings. The molecular weight excluding hydrogens is 1060 g/mol. The molecule has 2 aromatic carbocycles. The van der Waals surface area contributed by atoms with Crippen LogP contribution in [0.25, 0.3) is 10.9 Å². The van der Waals surface area contributed by atoms with Gasteiger partial charge in [0.2, 0.25) is 65.0 Å². The molecule has 9 atom stereocenters. The number of rotatable bonds is 33. The third kappa shape index (κ3) is 20.8. The number of H-pyrrole nitrogens is 2. The van der Waals surface area contributed by atoms with Crippen molar-refractivity contribution in [1.82, 2.24) is 62.8 Å². The molecule has 0 unspecified atom stereocenters. The molecule has 27 nitrogen and oxygen atoms in total. The van der Waals surface area contributed by atoms with Crippen molar-refractivity contribution in [3.05, 3.63) is 90.1 Å². The van der Waals surface area contributed by atoms with Crippen LogP contribution in [0.1, 0.15) is 63.8 Å². The van der Waals surface area contributed by atoms with E-state index >= 15 is 0 Å². The maximum atomic E-state index is 14.2. The predicted molar refractivity (Wildman–Crippen MR) is 295 cm³/mol. The number of benzene rings is 2. The maximum absolute atomic E-state index is 14.2. The number of para-hydroxylation sites is 1. The summed E-state index contributed by atoms with van der Waals surface area (Å²) in [5, 5.41) is 34.0. The predicted octanol–water partition coefficient (Wildman–Crippen LogP) is -3.57. The van der Waals surface area contributed by atoms with Gasteiger partial charge in [-0.2, -0.15) is 11.8 Å². The second-order valence-corrected chi connectivity index (χ2v) is 20.4. The summed E-state index contributed by atoms with van der Waals surface area (Å²) in [4.78, 5) is 156. The van der Waals surface area contributed by atoms with Crippen molar-refractivity contribution < 1.29 is 57.8 Å². The van der Waals surface area contributed by atoms with Crippen LogP contribution >= 0.6 is 11.8 Å². The van der Waals surface area contributed by atoms with Gasteiger partial charge in [-0.1, -0.05) is 62.4 Å². The summed E-state index contributed by atoms with van der Waals surface area (Å²) in [6, 6.07) is 4.90. The number of aromatic amines is 2. The van der Waals surface area contributed by atoms with Crippen LogP contribution in [0, 0.1) is 5.92 Å². The van der Waals surface area contributed by atoms with Crippen LogP contribution in [0.2, 0.25) is 0 Å². The summed E-state index contributed by atoms with van der Waals surface area (Å²) in [6.07, 6.45) is 4.01. The van der Waals surface area contributed by atoms with E-state index in [-0.39, 0.29) is 38.0 Å². The van der Waals surface area contributed by atoms with Gasteiger partial charge in [0.05, 0.1) is 31.9 Å². The van der Waals surface area contributed by atoms with Gasteiger partial charge in [0.1, 0.15) is 48.3 Å². The van der Waals surface area contributed by atoms with Crippen LogP contribution in [-0.4, -0.2) is 165 Å². The van der Waals surface area contributed by atoms with E-state index in [4.69, 9.17) is 17.2 Å². The van der Waals surface area contributed by atoms with Crippen molar-refractivity contribution in [3.63, 3.8) is 0 Å². The number of thioether (sulfide) groups is 1. The van der Waals surface area contributed by atoms with Gasteiger partial charge < -0.3 is 80.1 Å². The van der Waals surface area contributed by atoms with Gasteiger partial charge in [-0.05, 0) is 61.8 Å². The molecule has 2 heterocycles. The molecular formula is C52H73N15O12S. The second kappa shape index (κ2) is 31.9. The molecule has 28 heteroatoms. The number of nitrogens with zero attached hydrogens (tertiary/aromatic N) is 1. The fourth-order valence-electron chi connectivity index (χ4n) is 8.18. The number of hydrogen-bond donors (Lipinski definition) is 15. The molecule has 4 aromatic rings. The number of aliphatic hydroxyl groups excluding tert-OH is 1. The zero-order chi connectivity index (χ0) is 59.1. The van der Waals surface area contributed by atoms with Gasteiger partial charge in [0, 0.05) is 48.3 Å². The lowest BCUT2D eigenvalue weighted by atomic mass is 10.00. The number of nitrogens with two attached hydrogens (primary N) is 3. The Morgan fingerprint density at radius 2 is 1.20 bits per heavy atom. The van der Waals surface area contributed by atoms with Gasteiger partial charge in [0.25, 0.3) is 0 Å². The molecule has 0 aliphatic carbocycles. The van der Waals surface area contributed by atoms with Crippen LogP contribution in [0.3, 0.4) is 0 Å². The van der Waals surface area contributed by atoms with Crippen molar-refractivity contribution in [2.75, 3.05) is 25.1 Å². The Labute approximate surface area is 465 Å². The molecule has 2 aromatic heterocycles. The van der Waals surface area contributed by atoms with E-state index in [1.54, 1.807) is 74.6 Å². The van der Waals surface area contributed by atoms with Crippen molar-refractivity contribution in [3.8, 4) is 0 Å². The van der Waals surface area contributed by atoms with Gasteiger partial charge in [-0.15, -0.1) is 0 Å². The second-order valence-electron chi connectivity index (χ2n) is 19.4. The number of nitrogens with one attached hydrogen (secondary N) is 11. The average Bonchev–Trinajstić information content (AvgIpc) is 4.13. The van der Waals surface area contributed by atoms with Crippen molar-refractivity contribution >= 4 is 87.6 Å². The number of fused-ring (bicyclic) bond motifs is 1. The Morgan fingerprint density at radius 3 is 1.80 bits per heavy atom. The lowest BCUT2D eigenvalue weighted by molar-refractivity contribution is -0.136. The van der Waals surface area contributed by atoms with E-state index in [1.165, 1.54) is 38.1 Å². The molecule has 0 saturated carbocycles. The molecule has 4 rings (SSSR count). The average molecular weight is 1130 g/mol. The quantitative estimate of drug-likeness (QED) is 0.0220. The summed E-state index contributed by atoms with van der Waals surface area (Å²) in [6.45, 7) is 4.72. The first-order valence-electron chi connectivity index (χ1n) is 25.7. The Bertz CT molecular complexity index is 2780. The highest BCUT2D eigenvalue weighted by atomic mass is 32.2. The highest BCUT2D eigenvalue weighted by molar-refractivity contribution is 7.98. The zero-order valence-electron chi connectivity index (χ0n) is 45.1. The lowest BCUT2D eigenvalue weighted by Crippen LogP contribution is -2.60. The Balaban J connectivity index is 1.47. The summed E-state index contributed by atoms with van der Waals surface area (Å²) in [5.74, 6) is -9.21. The van der Waals surface area contributed by atoms with E-state index in [1.807, 2.05) is 6.26 Å². The summed E-state index contributed by atoms with van der Waals surface area (Å²) < 4.78 is 0. The molecule has 0 spiro atoms. The number of carbonyl (C=O) groups is 11. The topological polar surface area (TPSA) is 439 Å². The Hall–Kier alpha value is -8.37. The number of aliphatic hydroxyl groups is 1. The van der Waals surface area contributed by atoms with Crippen LogP contribution in [0.4, 0.5) is 0 Å². The molecule has 0 aliphatic heterocycles. The highest BCUT2D eigenvalue weighted by Crippen LogP contribution is 2.20. The van der Waals surface area contributed by atoms with E-state index in [0.29, 0.717) is 33.5 Å². The first-order chi connectivity index (χ1) is 38.0. The maximum Gasteiger partial charge on any atom is 0.245 e. The summed E-state index contributed by atoms with van der Waals surface area (Å²) in [7, 11) is 0. The third-order valence-electron chi connectivity index (χ3n) is 12.4. The standard InChI is InChI=1S/C52H73N15O12S/c1-27(2)17-36(64-51(78)40(21-41(54)69)61-42(70)22-53)48(75)66-38(19-31-23-57-34-14-10-9-13-33(31)34)47(74)60-28(3)46(73)67-44(29(4)68)52(79)58-25-43(71)62-39(20-32-24-56-26-59-32)50(77)65-37(18-30-11-7-6-8-12-30)49(76)63-35(45(55)72)15-16-80-5/h6-14,23-24,26-29,35-40,44,57,68H,15-22,25,53H2,1-5H3,(H2,54,69)(H2,55,72)(H,56,59)(H,58,79)(H,60,74)(H,61,70)(H,62,71)(H,63,76)(H,64,78)(H,65,77)(H,66,75)(H,67,73)/t28-,29+,35-,36+,37+,38+,39+,40+,44-/m0/s1. The van der Waals surface area contributed by atoms with Crippen LogP contribution < -0.4 is 65.1 Å². The van der Waals surface area contributed by atoms with Crippen LogP contribution in [-0.2, 0) is 72.0 Å². The van der Waals surface area contributed by atoms with Gasteiger partial charge >= 0.3 is 0 Å². The number of aromatic nitrogens is 3. The summed E-state index contributed by atoms with van der Waals surface area (Å²) in [5.41, 5.74) is 18.7. The zero-order valence-corrected chi connectivity index (χ0v) is 45.9. The largest absolute Gasteiger partial charge is 0.391 e. The smallest absolute Gasteiger partial charge is 0.245 e. The molecule has 0 fully saturated rings. The van der Waals surface area contributed by atoms with Crippen LogP contribution in [0.15, 0.2) is 73.3 Å². The van der Waals surface area contributed by atoms with E-state index < -0.39 is 139 Å². The number of primary amides is 2. The first-order valence-corrected chi connectivity index (χ1v) is 27.1. The Kier molecular flexibility index (Phi) is 25.6. The third-order valence-corrected chi connectivity index (χ3v) is 13.0.